The number of sulfonamides is 1. The molecule has 21 heavy (non-hydrogen) atoms. The summed E-state index contributed by atoms with van der Waals surface area (Å²) in [5.74, 6) is -0.132. The number of thiazole rings is 1. The van der Waals surface area contributed by atoms with E-state index in [1.165, 1.54) is 23.5 Å². The quantitative estimate of drug-likeness (QED) is 0.917. The summed E-state index contributed by atoms with van der Waals surface area (Å²) in [6.45, 7) is 5.77. The van der Waals surface area contributed by atoms with Gasteiger partial charge in [0.05, 0.1) is 22.1 Å². The van der Waals surface area contributed by atoms with Crippen molar-refractivity contribution in [3.8, 4) is 0 Å². The van der Waals surface area contributed by atoms with Crippen molar-refractivity contribution in [2.45, 2.75) is 38.1 Å². The minimum absolute atomic E-state index is 0.0863. The highest BCUT2D eigenvalue weighted by Crippen LogP contribution is 2.20. The van der Waals surface area contributed by atoms with Gasteiger partial charge in [0.15, 0.2) is 0 Å². The van der Waals surface area contributed by atoms with Gasteiger partial charge in [0, 0.05) is 11.3 Å². The van der Waals surface area contributed by atoms with Crippen molar-refractivity contribution >= 4 is 21.4 Å². The Morgan fingerprint density at radius 1 is 1.38 bits per heavy atom. The molecule has 1 aromatic heterocycles. The maximum absolute atomic E-state index is 13.0. The summed E-state index contributed by atoms with van der Waals surface area (Å²) in [5.41, 5.74) is 1.07. The van der Waals surface area contributed by atoms with Crippen LogP contribution in [0, 0.1) is 12.7 Å². The molecular formula is C14H17FN2O2S2. The molecular weight excluding hydrogens is 311 g/mol. The fourth-order valence-electron chi connectivity index (χ4n) is 1.83. The van der Waals surface area contributed by atoms with Crippen molar-refractivity contribution < 1.29 is 12.8 Å². The summed E-state index contributed by atoms with van der Waals surface area (Å²) in [5, 5.41) is 2.82. The third kappa shape index (κ3) is 3.87. The zero-order chi connectivity index (χ0) is 15.6. The number of aryl methyl sites for hydroxylation is 1. The molecule has 1 N–H and O–H groups in total. The van der Waals surface area contributed by atoms with Crippen LogP contribution in [0.2, 0.25) is 0 Å². The Morgan fingerprint density at radius 3 is 2.67 bits per heavy atom. The second kappa shape index (κ2) is 6.21. The van der Waals surface area contributed by atoms with E-state index in [1.807, 2.05) is 19.2 Å². The van der Waals surface area contributed by atoms with Crippen LogP contribution in [0.25, 0.3) is 0 Å². The largest absolute Gasteiger partial charge is 0.245 e. The minimum atomic E-state index is -3.67. The predicted octanol–water partition coefficient (Wildman–Crippen LogP) is 3.19. The number of rotatable bonds is 5. The van der Waals surface area contributed by atoms with E-state index in [4.69, 9.17) is 0 Å². The molecule has 0 saturated heterocycles. The van der Waals surface area contributed by atoms with Gasteiger partial charge in [-0.1, -0.05) is 13.8 Å². The van der Waals surface area contributed by atoms with Crippen LogP contribution in [-0.2, 0) is 16.6 Å². The molecule has 4 nitrogen and oxygen atoms in total. The van der Waals surface area contributed by atoms with Crippen LogP contribution in [0.5, 0.6) is 0 Å². The molecule has 0 aliphatic rings. The van der Waals surface area contributed by atoms with Gasteiger partial charge in [-0.3, -0.25) is 0 Å². The van der Waals surface area contributed by atoms with Gasteiger partial charge in [-0.2, -0.15) is 0 Å². The second-order valence-electron chi connectivity index (χ2n) is 5.07. The maximum atomic E-state index is 13.0. The van der Waals surface area contributed by atoms with Crippen LogP contribution < -0.4 is 4.72 Å². The molecule has 1 aromatic carbocycles. The number of halogens is 1. The summed E-state index contributed by atoms with van der Waals surface area (Å²) >= 11 is 1.51. The van der Waals surface area contributed by atoms with Gasteiger partial charge in [0.2, 0.25) is 10.0 Å². The van der Waals surface area contributed by atoms with Gasteiger partial charge in [-0.25, -0.2) is 22.5 Å². The smallest absolute Gasteiger partial charge is 0.241 e. The molecule has 0 aliphatic carbocycles. The van der Waals surface area contributed by atoms with Crippen molar-refractivity contribution in [2.24, 2.45) is 0 Å². The van der Waals surface area contributed by atoms with Crippen LogP contribution >= 0.6 is 11.3 Å². The minimum Gasteiger partial charge on any atom is -0.245 e. The highest BCUT2D eigenvalue weighted by Gasteiger charge is 2.17. The highest BCUT2D eigenvalue weighted by molar-refractivity contribution is 7.89. The van der Waals surface area contributed by atoms with Crippen molar-refractivity contribution in [2.75, 3.05) is 0 Å². The van der Waals surface area contributed by atoms with Crippen LogP contribution in [0.15, 0.2) is 28.5 Å². The Balaban J connectivity index is 2.13. The molecule has 0 saturated carbocycles. The first kappa shape index (κ1) is 16.1. The van der Waals surface area contributed by atoms with E-state index in [2.05, 4.69) is 9.71 Å². The van der Waals surface area contributed by atoms with E-state index in [0.29, 0.717) is 17.2 Å². The molecule has 0 unspecified atom stereocenters. The third-order valence-corrected chi connectivity index (χ3v) is 5.69. The molecule has 0 spiro atoms. The predicted molar refractivity (Wildman–Crippen MR) is 81.4 cm³/mol. The van der Waals surface area contributed by atoms with Gasteiger partial charge >= 0.3 is 0 Å². The first-order chi connectivity index (χ1) is 9.79. The Bertz CT molecular complexity index is 739. The van der Waals surface area contributed by atoms with E-state index in [1.54, 1.807) is 6.92 Å². The number of benzene rings is 1. The number of nitrogens with zero attached hydrogens (tertiary/aromatic N) is 1. The lowest BCUT2D eigenvalue weighted by Gasteiger charge is -2.08. The Labute approximate surface area is 128 Å². The van der Waals surface area contributed by atoms with E-state index >= 15 is 0 Å². The average Bonchev–Trinajstić information content (AvgIpc) is 2.85. The molecule has 0 bridgehead atoms. The summed E-state index contributed by atoms with van der Waals surface area (Å²) in [4.78, 5) is 4.46. The van der Waals surface area contributed by atoms with Crippen molar-refractivity contribution in [3.05, 3.63) is 45.7 Å². The van der Waals surface area contributed by atoms with E-state index in [-0.39, 0.29) is 11.4 Å². The Hall–Kier alpha value is -1.31. The number of hydrogen-bond donors (Lipinski definition) is 1. The lowest BCUT2D eigenvalue weighted by molar-refractivity contribution is 0.578. The monoisotopic (exact) mass is 328 g/mol. The Morgan fingerprint density at radius 2 is 2.10 bits per heavy atom. The topological polar surface area (TPSA) is 59.1 Å². The fraction of sp³-hybridized carbons (Fsp3) is 0.357. The van der Waals surface area contributed by atoms with Gasteiger partial charge < -0.3 is 0 Å². The van der Waals surface area contributed by atoms with Crippen molar-refractivity contribution in [1.82, 2.24) is 9.71 Å². The highest BCUT2D eigenvalue weighted by atomic mass is 32.2. The lowest BCUT2D eigenvalue weighted by Crippen LogP contribution is -2.24. The molecule has 114 valence electrons. The normalized spacial score (nSPS) is 12.0. The zero-order valence-electron chi connectivity index (χ0n) is 12.1. The molecule has 0 amide bonds. The number of nitrogens with one attached hydrogen (secondary N) is 1. The van der Waals surface area contributed by atoms with Crippen LogP contribution in [-0.4, -0.2) is 13.4 Å². The molecule has 0 atom stereocenters. The van der Waals surface area contributed by atoms with Gasteiger partial charge in [-0.05, 0) is 30.7 Å². The van der Waals surface area contributed by atoms with Gasteiger partial charge in [-0.15, -0.1) is 11.3 Å². The zero-order valence-corrected chi connectivity index (χ0v) is 13.7. The van der Waals surface area contributed by atoms with Crippen LogP contribution in [0.1, 0.15) is 36.0 Å². The van der Waals surface area contributed by atoms with E-state index < -0.39 is 15.8 Å². The van der Waals surface area contributed by atoms with E-state index in [9.17, 15) is 12.8 Å². The molecule has 2 rings (SSSR count). The SMILES string of the molecule is Cc1cc(F)ccc1S(=O)(=O)NCc1csc(C(C)C)n1. The van der Waals surface area contributed by atoms with E-state index in [0.717, 1.165) is 11.1 Å². The lowest BCUT2D eigenvalue weighted by atomic mass is 10.2. The third-order valence-electron chi connectivity index (χ3n) is 2.93. The summed E-state index contributed by atoms with van der Waals surface area (Å²) in [6.07, 6.45) is 0. The van der Waals surface area contributed by atoms with Crippen LogP contribution in [0.3, 0.4) is 0 Å². The maximum Gasteiger partial charge on any atom is 0.241 e. The number of hydrogen-bond acceptors (Lipinski definition) is 4. The molecule has 0 aliphatic heterocycles. The summed E-state index contributed by atoms with van der Waals surface area (Å²) in [7, 11) is -3.67. The Kier molecular flexibility index (Phi) is 4.75. The van der Waals surface area contributed by atoms with Crippen molar-refractivity contribution in [3.63, 3.8) is 0 Å². The molecule has 1 heterocycles. The molecule has 0 fully saturated rings. The molecule has 2 aromatic rings. The van der Waals surface area contributed by atoms with Gasteiger partial charge in [0.1, 0.15) is 5.82 Å². The standard InChI is InChI=1S/C14H17FN2O2S2/c1-9(2)14-17-12(8-20-14)7-16-21(18,19)13-5-4-11(15)6-10(13)3/h4-6,8-9,16H,7H2,1-3H3. The summed E-state index contributed by atoms with van der Waals surface area (Å²) in [6, 6.07) is 3.61. The van der Waals surface area contributed by atoms with Gasteiger partial charge in [0.25, 0.3) is 0 Å². The fourth-order valence-corrected chi connectivity index (χ4v) is 3.89. The average molecular weight is 328 g/mol. The number of aromatic nitrogens is 1. The summed E-state index contributed by atoms with van der Waals surface area (Å²) < 4.78 is 40.0. The van der Waals surface area contributed by atoms with Crippen molar-refractivity contribution in [1.29, 1.82) is 0 Å². The molecule has 0 radical (unpaired) electrons. The first-order valence-corrected chi connectivity index (χ1v) is 8.86. The molecule has 7 heteroatoms. The first-order valence-electron chi connectivity index (χ1n) is 6.49. The van der Waals surface area contributed by atoms with Crippen LogP contribution in [0.4, 0.5) is 4.39 Å². The second-order valence-corrected chi connectivity index (χ2v) is 7.69.